The lowest BCUT2D eigenvalue weighted by Gasteiger charge is -2.07. The standard InChI is InChI=1S/C10H8BrClN4O/c1-5-4-6(11)8(9(12)14-5)10(17)15-7-2-3-13-16-7/h2-4H,1H3,(H2,13,15,16,17). The van der Waals surface area contributed by atoms with Gasteiger partial charge in [0.05, 0.1) is 11.8 Å². The minimum Gasteiger partial charge on any atom is -0.307 e. The number of halogens is 2. The maximum atomic E-state index is 12.0. The van der Waals surface area contributed by atoms with Crippen molar-refractivity contribution in [3.63, 3.8) is 0 Å². The first-order valence-electron chi connectivity index (χ1n) is 4.71. The van der Waals surface area contributed by atoms with Gasteiger partial charge >= 0.3 is 0 Å². The van der Waals surface area contributed by atoms with E-state index in [1.807, 2.05) is 0 Å². The number of rotatable bonds is 2. The normalized spacial score (nSPS) is 10.3. The molecule has 5 nitrogen and oxygen atoms in total. The van der Waals surface area contributed by atoms with Crippen LogP contribution in [0.25, 0.3) is 0 Å². The van der Waals surface area contributed by atoms with E-state index < -0.39 is 0 Å². The molecule has 0 aliphatic heterocycles. The number of nitrogens with zero attached hydrogens (tertiary/aromatic N) is 2. The maximum absolute atomic E-state index is 12.0. The average molecular weight is 316 g/mol. The number of hydrogen-bond donors (Lipinski definition) is 2. The second-order valence-electron chi connectivity index (χ2n) is 3.34. The first-order chi connectivity index (χ1) is 8.08. The molecule has 0 saturated heterocycles. The quantitative estimate of drug-likeness (QED) is 0.837. The van der Waals surface area contributed by atoms with Crippen molar-refractivity contribution in [2.75, 3.05) is 5.32 Å². The monoisotopic (exact) mass is 314 g/mol. The van der Waals surface area contributed by atoms with E-state index in [4.69, 9.17) is 11.6 Å². The number of hydrogen-bond acceptors (Lipinski definition) is 3. The number of pyridine rings is 1. The molecular weight excluding hydrogens is 307 g/mol. The Kier molecular flexibility index (Phi) is 3.44. The molecule has 0 radical (unpaired) electrons. The highest BCUT2D eigenvalue weighted by Crippen LogP contribution is 2.24. The first kappa shape index (κ1) is 12.1. The van der Waals surface area contributed by atoms with Crippen molar-refractivity contribution in [3.05, 3.63) is 39.2 Å². The van der Waals surface area contributed by atoms with E-state index in [1.165, 1.54) is 0 Å². The van der Waals surface area contributed by atoms with Crippen LogP contribution in [-0.2, 0) is 0 Å². The first-order valence-corrected chi connectivity index (χ1v) is 5.88. The van der Waals surface area contributed by atoms with Crippen molar-refractivity contribution in [3.8, 4) is 0 Å². The molecule has 0 aliphatic rings. The summed E-state index contributed by atoms with van der Waals surface area (Å²) in [5.41, 5.74) is 1.03. The van der Waals surface area contributed by atoms with E-state index in [0.717, 1.165) is 5.69 Å². The van der Waals surface area contributed by atoms with Gasteiger partial charge in [0.15, 0.2) is 0 Å². The van der Waals surface area contributed by atoms with Crippen LogP contribution in [-0.4, -0.2) is 21.1 Å². The summed E-state index contributed by atoms with van der Waals surface area (Å²) in [6.07, 6.45) is 1.54. The van der Waals surface area contributed by atoms with Crippen LogP contribution in [0.1, 0.15) is 16.1 Å². The summed E-state index contributed by atoms with van der Waals surface area (Å²) in [5, 5.41) is 9.14. The third kappa shape index (κ3) is 2.65. The fraction of sp³-hybridized carbons (Fsp3) is 0.100. The molecule has 0 aromatic carbocycles. The van der Waals surface area contributed by atoms with Crippen LogP contribution >= 0.6 is 27.5 Å². The molecule has 2 heterocycles. The van der Waals surface area contributed by atoms with E-state index >= 15 is 0 Å². The third-order valence-electron chi connectivity index (χ3n) is 2.03. The zero-order valence-corrected chi connectivity index (χ0v) is 11.1. The summed E-state index contributed by atoms with van der Waals surface area (Å²) in [6, 6.07) is 3.37. The molecular formula is C10H8BrClN4O. The molecule has 0 spiro atoms. The summed E-state index contributed by atoms with van der Waals surface area (Å²) < 4.78 is 0.604. The topological polar surface area (TPSA) is 70.7 Å². The number of amides is 1. The minimum absolute atomic E-state index is 0.161. The Labute approximate surface area is 111 Å². The van der Waals surface area contributed by atoms with Gasteiger partial charge in [0, 0.05) is 16.2 Å². The molecule has 0 saturated carbocycles. The van der Waals surface area contributed by atoms with Gasteiger partial charge in [0.25, 0.3) is 5.91 Å². The molecule has 88 valence electrons. The molecule has 0 unspecified atom stereocenters. The van der Waals surface area contributed by atoms with Gasteiger partial charge in [-0.1, -0.05) is 11.6 Å². The molecule has 2 aromatic heterocycles. The zero-order chi connectivity index (χ0) is 12.4. The van der Waals surface area contributed by atoms with E-state index in [2.05, 4.69) is 36.4 Å². The molecule has 2 rings (SSSR count). The van der Waals surface area contributed by atoms with Gasteiger partial charge in [-0.15, -0.1) is 0 Å². The van der Waals surface area contributed by atoms with Gasteiger partial charge in [0.1, 0.15) is 11.0 Å². The Morgan fingerprint density at radius 2 is 2.35 bits per heavy atom. The molecule has 0 fully saturated rings. The van der Waals surface area contributed by atoms with Gasteiger partial charge in [-0.2, -0.15) is 5.10 Å². The average Bonchev–Trinajstić information content (AvgIpc) is 2.68. The fourth-order valence-corrected chi connectivity index (χ4v) is 2.44. The van der Waals surface area contributed by atoms with Gasteiger partial charge < -0.3 is 5.32 Å². The van der Waals surface area contributed by atoms with E-state index in [0.29, 0.717) is 15.9 Å². The fourth-order valence-electron chi connectivity index (χ4n) is 1.31. The van der Waals surface area contributed by atoms with Crippen LogP contribution in [0.4, 0.5) is 5.82 Å². The number of carbonyl (C=O) groups excluding carboxylic acids is 1. The lowest BCUT2D eigenvalue weighted by Crippen LogP contribution is -2.14. The minimum atomic E-state index is -0.348. The molecule has 0 aliphatic carbocycles. The van der Waals surface area contributed by atoms with Crippen molar-refractivity contribution in [2.45, 2.75) is 6.92 Å². The van der Waals surface area contributed by atoms with Crippen LogP contribution in [0, 0.1) is 6.92 Å². The van der Waals surface area contributed by atoms with Crippen LogP contribution in [0.3, 0.4) is 0 Å². The Hall–Kier alpha value is -1.40. The number of carbonyl (C=O) groups is 1. The van der Waals surface area contributed by atoms with Crippen molar-refractivity contribution in [2.24, 2.45) is 0 Å². The Morgan fingerprint density at radius 3 is 2.94 bits per heavy atom. The summed E-state index contributed by atoms with van der Waals surface area (Å²) in [7, 11) is 0. The predicted molar refractivity (Wildman–Crippen MR) is 68.2 cm³/mol. The molecule has 17 heavy (non-hydrogen) atoms. The van der Waals surface area contributed by atoms with E-state index in [1.54, 1.807) is 25.3 Å². The lowest BCUT2D eigenvalue weighted by molar-refractivity contribution is 0.102. The molecule has 1 amide bonds. The van der Waals surface area contributed by atoms with E-state index in [9.17, 15) is 4.79 Å². The second kappa shape index (κ2) is 4.85. The predicted octanol–water partition coefficient (Wildman–Crippen LogP) is 2.78. The molecule has 7 heteroatoms. The summed E-state index contributed by atoms with van der Waals surface area (Å²) in [4.78, 5) is 16.0. The number of aryl methyl sites for hydroxylation is 1. The molecule has 2 aromatic rings. The SMILES string of the molecule is Cc1cc(Br)c(C(=O)Nc2ccn[nH]2)c(Cl)n1. The molecule has 2 N–H and O–H groups in total. The van der Waals surface area contributed by atoms with Crippen LogP contribution in [0.2, 0.25) is 5.15 Å². The number of H-pyrrole nitrogens is 1. The number of aromatic nitrogens is 3. The molecule has 0 bridgehead atoms. The number of anilines is 1. The lowest BCUT2D eigenvalue weighted by atomic mass is 10.2. The van der Waals surface area contributed by atoms with Crippen molar-refractivity contribution >= 4 is 39.3 Å². The van der Waals surface area contributed by atoms with Crippen LogP contribution in [0.5, 0.6) is 0 Å². The Morgan fingerprint density at radius 1 is 1.59 bits per heavy atom. The third-order valence-corrected chi connectivity index (χ3v) is 2.93. The van der Waals surface area contributed by atoms with Crippen molar-refractivity contribution < 1.29 is 4.79 Å². The number of aromatic amines is 1. The highest BCUT2D eigenvalue weighted by molar-refractivity contribution is 9.10. The highest BCUT2D eigenvalue weighted by Gasteiger charge is 2.16. The van der Waals surface area contributed by atoms with Gasteiger partial charge in [-0.05, 0) is 28.9 Å². The van der Waals surface area contributed by atoms with Crippen molar-refractivity contribution in [1.82, 2.24) is 15.2 Å². The van der Waals surface area contributed by atoms with Gasteiger partial charge in [-0.25, -0.2) is 4.98 Å². The van der Waals surface area contributed by atoms with Crippen LogP contribution in [0.15, 0.2) is 22.8 Å². The van der Waals surface area contributed by atoms with Crippen molar-refractivity contribution in [1.29, 1.82) is 0 Å². The maximum Gasteiger partial charge on any atom is 0.261 e. The summed E-state index contributed by atoms with van der Waals surface area (Å²) in [5.74, 6) is 0.150. The second-order valence-corrected chi connectivity index (χ2v) is 4.55. The number of nitrogens with one attached hydrogen (secondary N) is 2. The smallest absolute Gasteiger partial charge is 0.261 e. The van der Waals surface area contributed by atoms with E-state index in [-0.39, 0.29) is 11.1 Å². The summed E-state index contributed by atoms with van der Waals surface area (Å²) in [6.45, 7) is 1.80. The van der Waals surface area contributed by atoms with Gasteiger partial charge in [-0.3, -0.25) is 9.89 Å². The van der Waals surface area contributed by atoms with Gasteiger partial charge in [0.2, 0.25) is 0 Å². The molecule has 0 atom stereocenters. The Balaban J connectivity index is 2.31. The Bertz CT molecular complexity index is 532. The largest absolute Gasteiger partial charge is 0.307 e. The summed E-state index contributed by atoms with van der Waals surface area (Å²) >= 11 is 9.23. The highest BCUT2D eigenvalue weighted by atomic mass is 79.9. The van der Waals surface area contributed by atoms with Crippen LogP contribution < -0.4 is 5.32 Å². The zero-order valence-electron chi connectivity index (χ0n) is 8.79.